The van der Waals surface area contributed by atoms with E-state index in [4.69, 9.17) is 0 Å². The fourth-order valence-corrected chi connectivity index (χ4v) is 1.80. The second-order valence-electron chi connectivity index (χ2n) is 4.45. The van der Waals surface area contributed by atoms with Crippen LogP contribution in [0, 0.1) is 12.7 Å². The Morgan fingerprint density at radius 2 is 1.79 bits per heavy atom. The monoisotopic (exact) mass is 257 g/mol. The van der Waals surface area contributed by atoms with Crippen LogP contribution in [0.1, 0.15) is 22.3 Å². The van der Waals surface area contributed by atoms with Gasteiger partial charge in [0.2, 0.25) is 0 Å². The number of hydrogen-bond acceptors (Lipinski definition) is 2. The highest BCUT2D eigenvalue weighted by Crippen LogP contribution is 2.12. The molecule has 0 heterocycles. The summed E-state index contributed by atoms with van der Waals surface area (Å²) in [5.41, 5.74) is 2.25. The highest BCUT2D eigenvalue weighted by atomic mass is 19.1. The molecule has 0 aliphatic carbocycles. The smallest absolute Gasteiger partial charge is 0.164 e. The first kappa shape index (κ1) is 13.3. The number of Topliss-reactive ketones (excluding diaryl/α,β-unsaturated/α-hetero) is 1. The van der Waals surface area contributed by atoms with E-state index in [1.54, 1.807) is 18.2 Å². The van der Waals surface area contributed by atoms with Gasteiger partial charge in [-0.15, -0.1) is 0 Å². The van der Waals surface area contributed by atoms with Gasteiger partial charge in [0.15, 0.2) is 5.78 Å². The SMILES string of the molecule is Cc1ccc(C(=O)CCNc2ccccc2F)cc1. The van der Waals surface area contributed by atoms with E-state index >= 15 is 0 Å². The van der Waals surface area contributed by atoms with Gasteiger partial charge in [-0.2, -0.15) is 0 Å². The molecule has 0 saturated heterocycles. The summed E-state index contributed by atoms with van der Waals surface area (Å²) in [5.74, 6) is -0.242. The summed E-state index contributed by atoms with van der Waals surface area (Å²) >= 11 is 0. The van der Waals surface area contributed by atoms with Crippen molar-refractivity contribution in [3.8, 4) is 0 Å². The van der Waals surface area contributed by atoms with Crippen molar-refractivity contribution in [1.29, 1.82) is 0 Å². The highest BCUT2D eigenvalue weighted by molar-refractivity contribution is 5.96. The first-order valence-electron chi connectivity index (χ1n) is 6.25. The number of ketones is 1. The Morgan fingerprint density at radius 1 is 1.11 bits per heavy atom. The number of carbonyl (C=O) groups excluding carboxylic acids is 1. The Balaban J connectivity index is 1.88. The quantitative estimate of drug-likeness (QED) is 0.825. The number of benzene rings is 2. The average Bonchev–Trinajstić information content (AvgIpc) is 2.41. The van der Waals surface area contributed by atoms with Gasteiger partial charge in [-0.3, -0.25) is 4.79 Å². The van der Waals surface area contributed by atoms with E-state index in [9.17, 15) is 9.18 Å². The van der Waals surface area contributed by atoms with Crippen LogP contribution in [0.15, 0.2) is 48.5 Å². The van der Waals surface area contributed by atoms with Gasteiger partial charge in [-0.1, -0.05) is 42.0 Å². The maximum absolute atomic E-state index is 13.3. The molecule has 0 aliphatic heterocycles. The fourth-order valence-electron chi connectivity index (χ4n) is 1.80. The Kier molecular flexibility index (Phi) is 4.29. The van der Waals surface area contributed by atoms with Gasteiger partial charge in [-0.05, 0) is 19.1 Å². The molecule has 0 fully saturated rings. The van der Waals surface area contributed by atoms with Crippen LogP contribution < -0.4 is 5.32 Å². The van der Waals surface area contributed by atoms with Crippen LogP contribution in [0.5, 0.6) is 0 Å². The number of nitrogens with one attached hydrogen (secondary N) is 1. The molecule has 2 aromatic carbocycles. The number of para-hydroxylation sites is 1. The van der Waals surface area contributed by atoms with Crippen molar-refractivity contribution in [2.45, 2.75) is 13.3 Å². The summed E-state index contributed by atoms with van der Waals surface area (Å²) in [7, 11) is 0. The Bertz CT molecular complexity index is 563. The molecule has 0 unspecified atom stereocenters. The third-order valence-electron chi connectivity index (χ3n) is 2.91. The molecule has 0 spiro atoms. The number of rotatable bonds is 5. The van der Waals surface area contributed by atoms with Crippen molar-refractivity contribution < 1.29 is 9.18 Å². The molecule has 98 valence electrons. The molecular formula is C16H16FNO. The minimum absolute atomic E-state index is 0.0591. The predicted molar refractivity (Wildman–Crippen MR) is 75.0 cm³/mol. The summed E-state index contributed by atoms with van der Waals surface area (Å²) in [4.78, 5) is 11.9. The lowest BCUT2D eigenvalue weighted by atomic mass is 10.1. The fraction of sp³-hybridized carbons (Fsp3) is 0.188. The number of aryl methyl sites for hydroxylation is 1. The molecule has 2 aromatic rings. The Hall–Kier alpha value is -2.16. The molecule has 0 radical (unpaired) electrons. The van der Waals surface area contributed by atoms with E-state index in [0.717, 1.165) is 5.56 Å². The lowest BCUT2D eigenvalue weighted by Crippen LogP contribution is -2.09. The minimum Gasteiger partial charge on any atom is -0.382 e. The van der Waals surface area contributed by atoms with E-state index in [1.165, 1.54) is 6.07 Å². The Labute approximate surface area is 112 Å². The number of hydrogen-bond donors (Lipinski definition) is 1. The molecular weight excluding hydrogens is 241 g/mol. The maximum atomic E-state index is 13.3. The molecule has 2 nitrogen and oxygen atoms in total. The van der Waals surface area contributed by atoms with Crippen LogP contribution in [-0.2, 0) is 0 Å². The molecule has 19 heavy (non-hydrogen) atoms. The van der Waals surface area contributed by atoms with E-state index in [2.05, 4.69) is 5.32 Å². The molecule has 2 rings (SSSR count). The molecule has 0 aliphatic rings. The van der Waals surface area contributed by atoms with Gasteiger partial charge in [0.1, 0.15) is 5.82 Å². The topological polar surface area (TPSA) is 29.1 Å². The Morgan fingerprint density at radius 3 is 2.47 bits per heavy atom. The van der Waals surface area contributed by atoms with E-state index in [1.807, 2.05) is 31.2 Å². The van der Waals surface area contributed by atoms with E-state index < -0.39 is 0 Å². The summed E-state index contributed by atoms with van der Waals surface area (Å²) < 4.78 is 13.3. The molecule has 1 N–H and O–H groups in total. The molecule has 0 atom stereocenters. The van der Waals surface area contributed by atoms with Gasteiger partial charge in [0.25, 0.3) is 0 Å². The average molecular weight is 257 g/mol. The van der Waals surface area contributed by atoms with Crippen LogP contribution in [0.2, 0.25) is 0 Å². The van der Waals surface area contributed by atoms with Crippen LogP contribution in [0.25, 0.3) is 0 Å². The van der Waals surface area contributed by atoms with Crippen LogP contribution in [0.3, 0.4) is 0 Å². The first-order chi connectivity index (χ1) is 9.16. The van der Waals surface area contributed by atoms with Crippen molar-refractivity contribution >= 4 is 11.5 Å². The van der Waals surface area contributed by atoms with Crippen LogP contribution in [0.4, 0.5) is 10.1 Å². The van der Waals surface area contributed by atoms with Gasteiger partial charge < -0.3 is 5.32 Å². The van der Waals surface area contributed by atoms with Gasteiger partial charge >= 0.3 is 0 Å². The standard InChI is InChI=1S/C16H16FNO/c1-12-6-8-13(9-7-12)16(19)10-11-18-15-5-3-2-4-14(15)17/h2-9,18H,10-11H2,1H3. The third-order valence-corrected chi connectivity index (χ3v) is 2.91. The van der Waals surface area contributed by atoms with Crippen LogP contribution in [-0.4, -0.2) is 12.3 Å². The summed E-state index contributed by atoms with van der Waals surface area (Å²) in [6, 6.07) is 13.9. The minimum atomic E-state index is -0.301. The second kappa shape index (κ2) is 6.14. The zero-order valence-electron chi connectivity index (χ0n) is 10.8. The van der Waals surface area contributed by atoms with Crippen molar-refractivity contribution in [2.24, 2.45) is 0 Å². The van der Waals surface area contributed by atoms with Crippen molar-refractivity contribution in [1.82, 2.24) is 0 Å². The normalized spacial score (nSPS) is 10.2. The lowest BCUT2D eigenvalue weighted by Gasteiger charge is -2.07. The first-order valence-corrected chi connectivity index (χ1v) is 6.25. The summed E-state index contributed by atoms with van der Waals surface area (Å²) in [6.07, 6.45) is 0.345. The molecule has 0 saturated carbocycles. The molecule has 0 aromatic heterocycles. The number of anilines is 1. The van der Waals surface area contributed by atoms with Crippen LogP contribution >= 0.6 is 0 Å². The van der Waals surface area contributed by atoms with Gasteiger partial charge in [-0.25, -0.2) is 4.39 Å². The van der Waals surface area contributed by atoms with Gasteiger partial charge in [0, 0.05) is 18.5 Å². The highest BCUT2D eigenvalue weighted by Gasteiger charge is 2.06. The van der Waals surface area contributed by atoms with Crippen molar-refractivity contribution in [3.63, 3.8) is 0 Å². The maximum Gasteiger partial charge on any atom is 0.164 e. The van der Waals surface area contributed by atoms with Crippen molar-refractivity contribution in [3.05, 3.63) is 65.5 Å². The molecule has 0 amide bonds. The second-order valence-corrected chi connectivity index (χ2v) is 4.45. The third kappa shape index (κ3) is 3.65. The van der Waals surface area contributed by atoms with E-state index in [0.29, 0.717) is 24.2 Å². The number of carbonyl (C=O) groups is 1. The zero-order chi connectivity index (χ0) is 13.7. The summed E-state index contributed by atoms with van der Waals surface area (Å²) in [6.45, 7) is 2.40. The van der Waals surface area contributed by atoms with Gasteiger partial charge in [0.05, 0.1) is 5.69 Å². The zero-order valence-corrected chi connectivity index (χ0v) is 10.8. The predicted octanol–water partition coefficient (Wildman–Crippen LogP) is 3.82. The van der Waals surface area contributed by atoms with Crippen molar-refractivity contribution in [2.75, 3.05) is 11.9 Å². The summed E-state index contributed by atoms with van der Waals surface area (Å²) in [5, 5.41) is 2.93. The molecule has 0 bridgehead atoms. The van der Waals surface area contributed by atoms with E-state index in [-0.39, 0.29) is 11.6 Å². The lowest BCUT2D eigenvalue weighted by molar-refractivity contribution is 0.0986. The largest absolute Gasteiger partial charge is 0.382 e. The molecule has 3 heteroatoms. The number of halogens is 1.